The number of carbonyl (C=O) groups is 2. The summed E-state index contributed by atoms with van der Waals surface area (Å²) in [5, 5.41) is 2.83. The normalized spacial score (nSPS) is 17.0. The van der Waals surface area contributed by atoms with E-state index in [-0.39, 0.29) is 17.6 Å². The van der Waals surface area contributed by atoms with Gasteiger partial charge in [-0.2, -0.15) is 0 Å². The Hall–Kier alpha value is -2.83. The van der Waals surface area contributed by atoms with Gasteiger partial charge in [-0.05, 0) is 51.5 Å². The minimum absolute atomic E-state index is 0.144. The molecule has 2 heterocycles. The molecule has 1 fully saturated rings. The van der Waals surface area contributed by atoms with Crippen molar-refractivity contribution < 1.29 is 23.1 Å². The third-order valence-corrected chi connectivity index (χ3v) is 4.22. The van der Waals surface area contributed by atoms with Crippen molar-refractivity contribution in [1.82, 2.24) is 5.32 Å². The maximum atomic E-state index is 14.6. The summed E-state index contributed by atoms with van der Waals surface area (Å²) in [6.07, 6.45) is 0.800. The Balaban J connectivity index is 1.77. The van der Waals surface area contributed by atoms with Crippen molar-refractivity contribution >= 4 is 18.1 Å². The molecular weight excluding hydrogens is 351 g/mol. The van der Waals surface area contributed by atoms with Gasteiger partial charge in [0, 0.05) is 18.7 Å². The fourth-order valence-electron chi connectivity index (χ4n) is 3.15. The Labute approximate surface area is 157 Å². The van der Waals surface area contributed by atoms with Gasteiger partial charge >= 0.3 is 6.09 Å². The van der Waals surface area contributed by atoms with Crippen molar-refractivity contribution in [3.8, 4) is 11.3 Å². The van der Waals surface area contributed by atoms with Crippen LogP contribution in [0.1, 0.15) is 37.7 Å². The van der Waals surface area contributed by atoms with Gasteiger partial charge in [0.2, 0.25) is 0 Å². The van der Waals surface area contributed by atoms with Gasteiger partial charge in [0.15, 0.2) is 12.0 Å². The lowest BCUT2D eigenvalue weighted by molar-refractivity contribution is 0.0509. The predicted molar refractivity (Wildman–Crippen MR) is 99.5 cm³/mol. The molecular formula is C20H23FN2O4. The van der Waals surface area contributed by atoms with E-state index < -0.39 is 11.7 Å². The van der Waals surface area contributed by atoms with E-state index in [1.807, 2.05) is 4.90 Å². The standard InChI is InChI=1S/C20H23FN2O4/c1-20(2,3)27-19(25)22-13-9-10-23(11-13)18-15(5-4-6-16(18)21)17-8-7-14(12-24)26-17/h4-8,12-13H,9-11H2,1-3H3,(H,22,25). The smallest absolute Gasteiger partial charge is 0.407 e. The number of alkyl carbamates (subject to hydrolysis) is 1. The molecule has 0 radical (unpaired) electrons. The second-order valence-corrected chi connectivity index (χ2v) is 7.53. The van der Waals surface area contributed by atoms with Crippen LogP contribution in [0.15, 0.2) is 34.7 Å². The maximum Gasteiger partial charge on any atom is 0.407 e. The summed E-state index contributed by atoms with van der Waals surface area (Å²) in [7, 11) is 0. The summed E-state index contributed by atoms with van der Waals surface area (Å²) < 4.78 is 25.4. The topological polar surface area (TPSA) is 71.8 Å². The van der Waals surface area contributed by atoms with Crippen molar-refractivity contribution in [2.24, 2.45) is 0 Å². The molecule has 0 saturated carbocycles. The molecule has 1 atom stereocenters. The van der Waals surface area contributed by atoms with Crippen LogP contribution >= 0.6 is 0 Å². The van der Waals surface area contributed by atoms with Crippen molar-refractivity contribution in [1.29, 1.82) is 0 Å². The van der Waals surface area contributed by atoms with Gasteiger partial charge in [0.05, 0.1) is 11.7 Å². The van der Waals surface area contributed by atoms with E-state index >= 15 is 0 Å². The molecule has 1 unspecified atom stereocenters. The molecule has 0 spiro atoms. The van der Waals surface area contributed by atoms with Crippen molar-refractivity contribution in [3.05, 3.63) is 41.9 Å². The number of amides is 1. The van der Waals surface area contributed by atoms with E-state index in [9.17, 15) is 14.0 Å². The first-order valence-electron chi connectivity index (χ1n) is 8.85. The number of aldehydes is 1. The average molecular weight is 374 g/mol. The van der Waals surface area contributed by atoms with Crippen LogP contribution in [0.3, 0.4) is 0 Å². The van der Waals surface area contributed by atoms with Crippen LogP contribution in [0.2, 0.25) is 0 Å². The Morgan fingerprint density at radius 2 is 2.11 bits per heavy atom. The minimum atomic E-state index is -0.573. The van der Waals surface area contributed by atoms with E-state index in [2.05, 4.69) is 5.32 Å². The Bertz CT molecular complexity index is 841. The second kappa shape index (κ2) is 7.42. The van der Waals surface area contributed by atoms with Crippen LogP contribution in [-0.4, -0.2) is 37.1 Å². The minimum Gasteiger partial charge on any atom is -0.453 e. The van der Waals surface area contributed by atoms with Gasteiger partial charge in [-0.25, -0.2) is 9.18 Å². The zero-order valence-corrected chi connectivity index (χ0v) is 15.6. The number of hydrogen-bond acceptors (Lipinski definition) is 5. The van der Waals surface area contributed by atoms with Crippen molar-refractivity contribution in [2.45, 2.75) is 38.8 Å². The number of furan rings is 1. The molecule has 1 amide bonds. The highest BCUT2D eigenvalue weighted by atomic mass is 19.1. The summed E-state index contributed by atoms with van der Waals surface area (Å²) in [6, 6.07) is 7.79. The van der Waals surface area contributed by atoms with Crippen LogP contribution in [0, 0.1) is 5.82 Å². The lowest BCUT2D eigenvalue weighted by atomic mass is 10.1. The number of nitrogens with one attached hydrogen (secondary N) is 1. The van der Waals surface area contributed by atoms with Gasteiger partial charge in [0.25, 0.3) is 0 Å². The van der Waals surface area contributed by atoms with Crippen molar-refractivity contribution in [2.75, 3.05) is 18.0 Å². The highest BCUT2D eigenvalue weighted by molar-refractivity contribution is 5.79. The van der Waals surface area contributed by atoms with Crippen LogP contribution < -0.4 is 10.2 Å². The molecule has 1 aromatic heterocycles. The first-order valence-corrected chi connectivity index (χ1v) is 8.85. The summed E-state index contributed by atoms with van der Waals surface area (Å²) in [5.41, 5.74) is 0.398. The van der Waals surface area contributed by atoms with Gasteiger partial charge in [0.1, 0.15) is 17.2 Å². The summed E-state index contributed by atoms with van der Waals surface area (Å²) in [4.78, 5) is 24.7. The molecule has 0 bridgehead atoms. The SMILES string of the molecule is CC(C)(C)OC(=O)NC1CCN(c2c(F)cccc2-c2ccc(C=O)o2)C1. The zero-order valence-electron chi connectivity index (χ0n) is 15.6. The maximum absolute atomic E-state index is 14.6. The molecule has 1 aliphatic rings. The number of rotatable bonds is 4. The lowest BCUT2D eigenvalue weighted by Gasteiger charge is -2.23. The Morgan fingerprint density at radius 1 is 1.33 bits per heavy atom. The Morgan fingerprint density at radius 3 is 2.78 bits per heavy atom. The van der Waals surface area contributed by atoms with Crippen LogP contribution in [0.4, 0.5) is 14.9 Å². The summed E-state index contributed by atoms with van der Waals surface area (Å²) >= 11 is 0. The quantitative estimate of drug-likeness (QED) is 0.819. The largest absolute Gasteiger partial charge is 0.453 e. The molecule has 3 rings (SSSR count). The fraction of sp³-hybridized carbons (Fsp3) is 0.400. The van der Waals surface area contributed by atoms with E-state index in [1.54, 1.807) is 45.0 Å². The molecule has 1 N–H and O–H groups in total. The first kappa shape index (κ1) is 18.9. The summed E-state index contributed by atoms with van der Waals surface area (Å²) in [5.74, 6) is 0.232. The number of carbonyl (C=O) groups excluding carboxylic acids is 2. The number of halogens is 1. The van der Waals surface area contributed by atoms with Gasteiger partial charge in [-0.1, -0.05) is 6.07 Å². The predicted octanol–water partition coefficient (Wildman–Crippen LogP) is 4.00. The fourth-order valence-corrected chi connectivity index (χ4v) is 3.15. The summed E-state index contributed by atoms with van der Waals surface area (Å²) in [6.45, 7) is 6.44. The van der Waals surface area contributed by atoms with E-state index in [0.717, 1.165) is 0 Å². The third-order valence-electron chi connectivity index (χ3n) is 4.22. The number of benzene rings is 1. The number of nitrogens with zero attached hydrogens (tertiary/aromatic N) is 1. The van der Waals surface area contributed by atoms with E-state index in [1.165, 1.54) is 6.07 Å². The molecule has 1 aromatic carbocycles. The highest BCUT2D eigenvalue weighted by Gasteiger charge is 2.29. The van der Waals surface area contributed by atoms with E-state index in [4.69, 9.17) is 9.15 Å². The van der Waals surface area contributed by atoms with Gasteiger partial charge in [-0.15, -0.1) is 0 Å². The molecule has 6 nitrogen and oxygen atoms in total. The number of hydrogen-bond donors (Lipinski definition) is 1. The highest BCUT2D eigenvalue weighted by Crippen LogP contribution is 2.36. The molecule has 1 aliphatic heterocycles. The number of anilines is 1. The molecule has 2 aromatic rings. The monoisotopic (exact) mass is 374 g/mol. The molecule has 144 valence electrons. The van der Waals surface area contributed by atoms with Crippen LogP contribution in [0.5, 0.6) is 0 Å². The Kier molecular flexibility index (Phi) is 5.21. The van der Waals surface area contributed by atoms with E-state index in [0.29, 0.717) is 42.8 Å². The third kappa shape index (κ3) is 4.48. The van der Waals surface area contributed by atoms with Gasteiger partial charge < -0.3 is 19.4 Å². The second-order valence-electron chi connectivity index (χ2n) is 7.53. The molecule has 1 saturated heterocycles. The zero-order chi connectivity index (χ0) is 19.6. The van der Waals surface area contributed by atoms with Gasteiger partial charge in [-0.3, -0.25) is 4.79 Å². The molecule has 7 heteroatoms. The number of para-hydroxylation sites is 1. The molecule has 27 heavy (non-hydrogen) atoms. The average Bonchev–Trinajstić information content (AvgIpc) is 3.21. The molecule has 0 aliphatic carbocycles. The van der Waals surface area contributed by atoms with Crippen molar-refractivity contribution in [3.63, 3.8) is 0 Å². The van der Waals surface area contributed by atoms with Crippen LogP contribution in [0.25, 0.3) is 11.3 Å². The lowest BCUT2D eigenvalue weighted by Crippen LogP contribution is -2.40. The number of ether oxygens (including phenoxy) is 1. The first-order chi connectivity index (χ1) is 12.8. The van der Waals surface area contributed by atoms with Crippen LogP contribution in [-0.2, 0) is 4.74 Å².